The Balaban J connectivity index is 2.70. The minimum Gasteiger partial charge on any atom is -0.497 e. The summed E-state index contributed by atoms with van der Waals surface area (Å²) in [6.07, 6.45) is 0. The first-order valence-electron chi connectivity index (χ1n) is 6.74. The summed E-state index contributed by atoms with van der Waals surface area (Å²) >= 11 is 6.26. The van der Waals surface area contributed by atoms with Gasteiger partial charge in [-0.3, -0.25) is 0 Å². The minimum absolute atomic E-state index is 0.193. The zero-order chi connectivity index (χ0) is 15.6. The van der Waals surface area contributed by atoms with Crippen LogP contribution in [0.3, 0.4) is 0 Å². The van der Waals surface area contributed by atoms with Crippen molar-refractivity contribution in [2.75, 3.05) is 14.2 Å². The van der Waals surface area contributed by atoms with Crippen LogP contribution in [-0.2, 0) is 0 Å². The largest absolute Gasteiger partial charge is 0.497 e. The van der Waals surface area contributed by atoms with Gasteiger partial charge in [0.2, 0.25) is 0 Å². The second-order valence-electron chi connectivity index (χ2n) is 5.07. The zero-order valence-corrected chi connectivity index (χ0v) is 13.7. The standard InChI is InChI=1S/C16H19ClN2O2/c1-9(2)16-18-14(10(3)15(17)19-16)12-8-11(20-4)6-7-13(12)21-5/h6-9H,1-5H3. The molecule has 1 heterocycles. The molecular weight excluding hydrogens is 288 g/mol. The van der Waals surface area contributed by atoms with Gasteiger partial charge < -0.3 is 9.47 Å². The highest BCUT2D eigenvalue weighted by Gasteiger charge is 2.17. The number of benzene rings is 1. The molecule has 0 amide bonds. The number of hydrogen-bond acceptors (Lipinski definition) is 4. The molecule has 0 spiro atoms. The normalized spacial score (nSPS) is 10.8. The molecule has 0 aliphatic carbocycles. The quantitative estimate of drug-likeness (QED) is 0.792. The van der Waals surface area contributed by atoms with Crippen LogP contribution in [0.25, 0.3) is 11.3 Å². The molecule has 1 aromatic heterocycles. The molecule has 0 unspecified atom stereocenters. The predicted molar refractivity (Wildman–Crippen MR) is 84.4 cm³/mol. The highest BCUT2D eigenvalue weighted by Crippen LogP contribution is 2.36. The Bertz CT molecular complexity index is 657. The number of aromatic nitrogens is 2. The molecule has 21 heavy (non-hydrogen) atoms. The van der Waals surface area contributed by atoms with Gasteiger partial charge in [-0.2, -0.15) is 0 Å². The summed E-state index contributed by atoms with van der Waals surface area (Å²) in [7, 11) is 3.26. The van der Waals surface area contributed by atoms with Gasteiger partial charge in [-0.15, -0.1) is 0 Å². The van der Waals surface area contributed by atoms with Crippen LogP contribution in [0.4, 0.5) is 0 Å². The van der Waals surface area contributed by atoms with Crippen molar-refractivity contribution in [1.82, 2.24) is 9.97 Å². The summed E-state index contributed by atoms with van der Waals surface area (Å²) in [5.41, 5.74) is 2.45. The smallest absolute Gasteiger partial charge is 0.136 e. The molecule has 0 atom stereocenters. The van der Waals surface area contributed by atoms with E-state index in [-0.39, 0.29) is 5.92 Å². The fraction of sp³-hybridized carbons (Fsp3) is 0.375. The van der Waals surface area contributed by atoms with Gasteiger partial charge in [-0.05, 0) is 25.1 Å². The van der Waals surface area contributed by atoms with Crippen molar-refractivity contribution in [2.45, 2.75) is 26.7 Å². The molecule has 0 saturated carbocycles. The summed E-state index contributed by atoms with van der Waals surface area (Å²) in [4.78, 5) is 8.99. The van der Waals surface area contributed by atoms with Crippen LogP contribution in [0.2, 0.25) is 5.15 Å². The Morgan fingerprint density at radius 1 is 1.10 bits per heavy atom. The lowest BCUT2D eigenvalue weighted by Crippen LogP contribution is -2.03. The second kappa shape index (κ2) is 6.31. The van der Waals surface area contributed by atoms with E-state index >= 15 is 0 Å². The molecule has 112 valence electrons. The Hall–Kier alpha value is -1.81. The van der Waals surface area contributed by atoms with Crippen molar-refractivity contribution < 1.29 is 9.47 Å². The molecule has 0 fully saturated rings. The third-order valence-corrected chi connectivity index (χ3v) is 3.65. The summed E-state index contributed by atoms with van der Waals surface area (Å²) in [5, 5.41) is 0.466. The molecule has 2 aromatic rings. The van der Waals surface area contributed by atoms with Crippen molar-refractivity contribution in [3.8, 4) is 22.8 Å². The SMILES string of the molecule is COc1ccc(OC)c(-c2nc(C(C)C)nc(Cl)c2C)c1. The van der Waals surface area contributed by atoms with Gasteiger partial charge in [0, 0.05) is 17.0 Å². The molecule has 0 N–H and O–H groups in total. The molecule has 1 aromatic carbocycles. The van der Waals surface area contributed by atoms with Crippen molar-refractivity contribution in [1.29, 1.82) is 0 Å². The average molecular weight is 307 g/mol. The van der Waals surface area contributed by atoms with Crippen molar-refractivity contribution >= 4 is 11.6 Å². The third kappa shape index (κ3) is 3.10. The van der Waals surface area contributed by atoms with Crippen molar-refractivity contribution in [2.24, 2.45) is 0 Å². The van der Waals surface area contributed by atoms with Gasteiger partial charge in [0.25, 0.3) is 0 Å². The Morgan fingerprint density at radius 2 is 1.81 bits per heavy atom. The lowest BCUT2D eigenvalue weighted by Gasteiger charge is -2.14. The molecule has 0 aliphatic rings. The van der Waals surface area contributed by atoms with E-state index in [4.69, 9.17) is 21.1 Å². The number of methoxy groups -OCH3 is 2. The monoisotopic (exact) mass is 306 g/mol. The molecule has 5 heteroatoms. The molecule has 0 bridgehead atoms. The van der Waals surface area contributed by atoms with E-state index in [9.17, 15) is 0 Å². The highest BCUT2D eigenvalue weighted by molar-refractivity contribution is 6.30. The van der Waals surface area contributed by atoms with Crippen molar-refractivity contribution in [3.63, 3.8) is 0 Å². The molecule has 0 aliphatic heterocycles. The molecule has 2 rings (SSSR count). The number of nitrogens with zero attached hydrogens (tertiary/aromatic N) is 2. The van der Waals surface area contributed by atoms with E-state index in [0.29, 0.717) is 11.0 Å². The second-order valence-corrected chi connectivity index (χ2v) is 5.43. The Kier molecular flexibility index (Phi) is 4.68. The van der Waals surface area contributed by atoms with E-state index in [0.717, 1.165) is 28.3 Å². The summed E-state index contributed by atoms with van der Waals surface area (Å²) in [5.74, 6) is 2.37. The first kappa shape index (κ1) is 15.6. The van der Waals surface area contributed by atoms with Gasteiger partial charge in [0.15, 0.2) is 0 Å². The third-order valence-electron chi connectivity index (χ3n) is 3.28. The van der Waals surface area contributed by atoms with E-state index in [1.54, 1.807) is 14.2 Å². The first-order valence-corrected chi connectivity index (χ1v) is 7.12. The van der Waals surface area contributed by atoms with Gasteiger partial charge in [0.05, 0.1) is 19.9 Å². The molecule has 0 radical (unpaired) electrons. The number of halogens is 1. The summed E-state index contributed by atoms with van der Waals surface area (Å²) in [6.45, 7) is 5.97. The summed E-state index contributed by atoms with van der Waals surface area (Å²) in [6, 6.07) is 5.61. The van der Waals surface area contributed by atoms with Crippen LogP contribution >= 0.6 is 11.6 Å². The fourth-order valence-electron chi connectivity index (χ4n) is 2.03. The molecular formula is C16H19ClN2O2. The van der Waals surface area contributed by atoms with Crippen LogP contribution in [0, 0.1) is 6.92 Å². The Morgan fingerprint density at radius 3 is 2.38 bits per heavy atom. The number of rotatable bonds is 4. The highest BCUT2D eigenvalue weighted by atomic mass is 35.5. The van der Waals surface area contributed by atoms with Crippen LogP contribution in [0.5, 0.6) is 11.5 Å². The zero-order valence-electron chi connectivity index (χ0n) is 12.9. The summed E-state index contributed by atoms with van der Waals surface area (Å²) < 4.78 is 10.7. The van der Waals surface area contributed by atoms with Gasteiger partial charge in [0.1, 0.15) is 22.5 Å². The van der Waals surface area contributed by atoms with E-state index < -0.39 is 0 Å². The lowest BCUT2D eigenvalue weighted by molar-refractivity contribution is 0.404. The molecule has 0 saturated heterocycles. The van der Waals surface area contributed by atoms with Crippen LogP contribution in [0.15, 0.2) is 18.2 Å². The van der Waals surface area contributed by atoms with Gasteiger partial charge in [-0.1, -0.05) is 25.4 Å². The number of ether oxygens (including phenoxy) is 2. The van der Waals surface area contributed by atoms with Crippen LogP contribution < -0.4 is 9.47 Å². The maximum Gasteiger partial charge on any atom is 0.136 e. The predicted octanol–water partition coefficient (Wildman–Crippen LogP) is 4.25. The van der Waals surface area contributed by atoms with E-state index in [1.807, 2.05) is 39.0 Å². The maximum atomic E-state index is 6.26. The first-order chi connectivity index (χ1) is 9.97. The van der Waals surface area contributed by atoms with E-state index in [1.165, 1.54) is 0 Å². The van der Waals surface area contributed by atoms with Crippen molar-refractivity contribution in [3.05, 3.63) is 34.7 Å². The fourth-order valence-corrected chi connectivity index (χ4v) is 2.20. The van der Waals surface area contributed by atoms with Crippen LogP contribution in [-0.4, -0.2) is 24.2 Å². The van der Waals surface area contributed by atoms with E-state index in [2.05, 4.69) is 9.97 Å². The van der Waals surface area contributed by atoms with Crippen LogP contribution in [0.1, 0.15) is 31.2 Å². The average Bonchev–Trinajstić information content (AvgIpc) is 2.49. The molecule has 4 nitrogen and oxygen atoms in total. The Labute approximate surface area is 130 Å². The van der Waals surface area contributed by atoms with Gasteiger partial charge >= 0.3 is 0 Å². The lowest BCUT2D eigenvalue weighted by atomic mass is 10.1. The van der Waals surface area contributed by atoms with Gasteiger partial charge in [-0.25, -0.2) is 9.97 Å². The topological polar surface area (TPSA) is 44.2 Å². The minimum atomic E-state index is 0.193. The maximum absolute atomic E-state index is 6.26. The number of hydrogen-bond donors (Lipinski definition) is 0.